The van der Waals surface area contributed by atoms with Crippen LogP contribution >= 0.6 is 0 Å². The van der Waals surface area contributed by atoms with Gasteiger partial charge in [-0.05, 0) is 25.7 Å². The highest BCUT2D eigenvalue weighted by molar-refractivity contribution is 5.84. The summed E-state index contributed by atoms with van der Waals surface area (Å²) in [6.07, 6.45) is 10.3. The second-order valence-electron chi connectivity index (χ2n) is 7.01. The lowest BCUT2D eigenvalue weighted by Gasteiger charge is -2.43. The van der Waals surface area contributed by atoms with Crippen molar-refractivity contribution >= 4 is 11.9 Å². The van der Waals surface area contributed by atoms with Gasteiger partial charge in [0.1, 0.15) is 0 Å². The molecule has 130 valence electrons. The first kappa shape index (κ1) is 16.6. The van der Waals surface area contributed by atoms with Crippen LogP contribution in [0.2, 0.25) is 0 Å². The van der Waals surface area contributed by atoms with Gasteiger partial charge < -0.3 is 20.3 Å². The number of morpholine rings is 1. The number of rotatable bonds is 3. The van der Waals surface area contributed by atoms with Gasteiger partial charge in [0.05, 0.1) is 25.3 Å². The van der Waals surface area contributed by atoms with Crippen LogP contribution in [0.1, 0.15) is 57.8 Å². The molecule has 3 fully saturated rings. The molecule has 0 spiro atoms. The predicted octanol–water partition coefficient (Wildman–Crippen LogP) is 1.79. The second-order valence-corrected chi connectivity index (χ2v) is 7.01. The number of urea groups is 1. The van der Waals surface area contributed by atoms with Gasteiger partial charge in [-0.3, -0.25) is 4.79 Å². The monoisotopic (exact) mass is 323 g/mol. The summed E-state index contributed by atoms with van der Waals surface area (Å²) in [4.78, 5) is 26.4. The van der Waals surface area contributed by atoms with Crippen LogP contribution in [0.15, 0.2) is 0 Å². The summed E-state index contributed by atoms with van der Waals surface area (Å²) in [5.74, 6) is 0.0176. The topological polar surface area (TPSA) is 70.7 Å². The minimum Gasteiger partial charge on any atom is -0.374 e. The van der Waals surface area contributed by atoms with Crippen LogP contribution in [-0.4, -0.2) is 54.7 Å². The first-order valence-electron chi connectivity index (χ1n) is 9.19. The molecule has 3 rings (SSSR count). The Hall–Kier alpha value is -1.30. The Balaban J connectivity index is 1.43. The van der Waals surface area contributed by atoms with Crippen LogP contribution in [0.4, 0.5) is 4.79 Å². The smallest absolute Gasteiger partial charge is 0.315 e. The molecule has 3 aliphatic rings. The van der Waals surface area contributed by atoms with Crippen LogP contribution < -0.4 is 10.6 Å². The molecular weight excluding hydrogens is 294 g/mol. The van der Waals surface area contributed by atoms with Crippen molar-refractivity contribution in [2.75, 3.05) is 19.7 Å². The Morgan fingerprint density at radius 2 is 1.74 bits per heavy atom. The van der Waals surface area contributed by atoms with Crippen molar-refractivity contribution in [1.29, 1.82) is 0 Å². The van der Waals surface area contributed by atoms with Gasteiger partial charge in [0, 0.05) is 12.6 Å². The molecule has 0 aromatic rings. The largest absolute Gasteiger partial charge is 0.374 e. The quantitative estimate of drug-likeness (QED) is 0.832. The zero-order valence-corrected chi connectivity index (χ0v) is 13.9. The normalized spacial score (nSPS) is 28.8. The molecule has 2 N–H and O–H groups in total. The van der Waals surface area contributed by atoms with E-state index in [1.165, 1.54) is 25.7 Å². The van der Waals surface area contributed by atoms with E-state index in [4.69, 9.17) is 4.74 Å². The summed E-state index contributed by atoms with van der Waals surface area (Å²) >= 11 is 0. The van der Waals surface area contributed by atoms with Gasteiger partial charge in [-0.1, -0.05) is 32.1 Å². The summed E-state index contributed by atoms with van der Waals surface area (Å²) in [5.41, 5.74) is 0. The van der Waals surface area contributed by atoms with E-state index in [1.54, 1.807) is 0 Å². The summed E-state index contributed by atoms with van der Waals surface area (Å²) in [7, 11) is 0. The van der Waals surface area contributed by atoms with Gasteiger partial charge in [0.25, 0.3) is 0 Å². The van der Waals surface area contributed by atoms with E-state index in [0.717, 1.165) is 32.1 Å². The Morgan fingerprint density at radius 3 is 2.57 bits per heavy atom. The van der Waals surface area contributed by atoms with Gasteiger partial charge in [-0.15, -0.1) is 0 Å². The van der Waals surface area contributed by atoms with Gasteiger partial charge in [-0.25, -0.2) is 4.79 Å². The number of ether oxygens (including phenoxy) is 1. The maximum atomic E-state index is 12.5. The molecule has 2 atom stereocenters. The van der Waals surface area contributed by atoms with Crippen molar-refractivity contribution in [2.24, 2.45) is 0 Å². The first-order chi connectivity index (χ1) is 11.2. The fourth-order valence-electron chi connectivity index (χ4n) is 4.15. The summed E-state index contributed by atoms with van der Waals surface area (Å²) < 4.78 is 5.79. The average Bonchev–Trinajstić information content (AvgIpc) is 2.60. The second kappa shape index (κ2) is 7.99. The minimum atomic E-state index is -0.210. The molecule has 0 unspecified atom stereocenters. The number of nitrogens with zero attached hydrogens (tertiary/aromatic N) is 1. The number of fused-ring (bicyclic) bond motifs is 1. The Labute approximate surface area is 138 Å². The van der Waals surface area contributed by atoms with Crippen molar-refractivity contribution < 1.29 is 14.3 Å². The van der Waals surface area contributed by atoms with Crippen molar-refractivity contribution in [2.45, 2.75) is 76.0 Å². The van der Waals surface area contributed by atoms with Gasteiger partial charge in [0.15, 0.2) is 0 Å². The molecule has 0 aromatic carbocycles. The first-order valence-corrected chi connectivity index (χ1v) is 9.19. The predicted molar refractivity (Wildman–Crippen MR) is 87.1 cm³/mol. The maximum Gasteiger partial charge on any atom is 0.315 e. The highest BCUT2D eigenvalue weighted by Crippen LogP contribution is 2.28. The van der Waals surface area contributed by atoms with Crippen molar-refractivity contribution in [1.82, 2.24) is 15.5 Å². The average molecular weight is 323 g/mol. The van der Waals surface area contributed by atoms with E-state index in [2.05, 4.69) is 10.6 Å². The molecule has 2 aliphatic carbocycles. The number of nitrogens with one attached hydrogen (secondary N) is 2. The number of hydrogen-bond acceptors (Lipinski definition) is 3. The van der Waals surface area contributed by atoms with E-state index in [9.17, 15) is 9.59 Å². The highest BCUT2D eigenvalue weighted by atomic mass is 16.5. The Bertz CT molecular complexity index is 421. The van der Waals surface area contributed by atoms with Crippen LogP contribution in [0.25, 0.3) is 0 Å². The molecule has 0 aromatic heterocycles. The zero-order chi connectivity index (χ0) is 16.1. The molecule has 6 heteroatoms. The molecule has 6 nitrogen and oxygen atoms in total. The summed E-state index contributed by atoms with van der Waals surface area (Å²) in [6.45, 7) is 1.34. The van der Waals surface area contributed by atoms with Crippen LogP contribution in [-0.2, 0) is 9.53 Å². The lowest BCUT2D eigenvalue weighted by Crippen LogP contribution is -2.57. The van der Waals surface area contributed by atoms with Gasteiger partial charge in [0.2, 0.25) is 5.91 Å². The fourth-order valence-corrected chi connectivity index (χ4v) is 4.15. The molecule has 1 saturated heterocycles. The molecule has 3 amide bonds. The third-order valence-corrected chi connectivity index (χ3v) is 5.39. The van der Waals surface area contributed by atoms with Gasteiger partial charge in [-0.2, -0.15) is 0 Å². The zero-order valence-electron chi connectivity index (χ0n) is 13.9. The van der Waals surface area contributed by atoms with Crippen molar-refractivity contribution in [3.05, 3.63) is 0 Å². The lowest BCUT2D eigenvalue weighted by molar-refractivity contribution is -0.148. The number of carbonyl (C=O) groups excluding carboxylic acids is 2. The molecule has 1 aliphatic heterocycles. The van der Waals surface area contributed by atoms with E-state index < -0.39 is 0 Å². The van der Waals surface area contributed by atoms with Crippen LogP contribution in [0.5, 0.6) is 0 Å². The highest BCUT2D eigenvalue weighted by Gasteiger charge is 2.36. The molecule has 23 heavy (non-hydrogen) atoms. The maximum absolute atomic E-state index is 12.5. The lowest BCUT2D eigenvalue weighted by atomic mass is 9.90. The van der Waals surface area contributed by atoms with E-state index in [0.29, 0.717) is 13.2 Å². The minimum absolute atomic E-state index is 0.0176. The summed E-state index contributed by atoms with van der Waals surface area (Å²) in [5, 5.41) is 5.73. The van der Waals surface area contributed by atoms with Crippen molar-refractivity contribution in [3.8, 4) is 0 Å². The molecule has 2 saturated carbocycles. The van der Waals surface area contributed by atoms with Crippen LogP contribution in [0.3, 0.4) is 0 Å². The van der Waals surface area contributed by atoms with Crippen LogP contribution in [0, 0.1) is 0 Å². The Kier molecular flexibility index (Phi) is 5.75. The number of amides is 3. The standard InChI is InChI=1S/C17H29N3O3/c21-16(12-18-17(22)19-13-6-2-1-3-7-13)20-10-11-23-15-9-5-4-8-14(15)20/h13-15H,1-12H2,(H2,18,19,22)/t14-,15-/m1/s1. The fraction of sp³-hybridized carbons (Fsp3) is 0.882. The summed E-state index contributed by atoms with van der Waals surface area (Å²) in [6, 6.07) is 0.261. The number of hydrogen-bond donors (Lipinski definition) is 2. The third-order valence-electron chi connectivity index (χ3n) is 5.39. The van der Waals surface area contributed by atoms with Crippen molar-refractivity contribution in [3.63, 3.8) is 0 Å². The SMILES string of the molecule is O=C(NCC(=O)N1CCO[C@@H]2CCCC[C@H]21)NC1CCCCC1. The molecule has 0 radical (unpaired) electrons. The number of carbonyl (C=O) groups is 2. The molecule has 1 heterocycles. The van der Waals surface area contributed by atoms with E-state index >= 15 is 0 Å². The molecule has 0 bridgehead atoms. The third kappa shape index (κ3) is 4.37. The Morgan fingerprint density at radius 1 is 1.00 bits per heavy atom. The van der Waals surface area contributed by atoms with Gasteiger partial charge >= 0.3 is 6.03 Å². The van der Waals surface area contributed by atoms with E-state index in [1.807, 2.05) is 4.90 Å². The molecular formula is C17H29N3O3. The van der Waals surface area contributed by atoms with E-state index in [-0.39, 0.29) is 36.7 Å².